The van der Waals surface area contributed by atoms with Gasteiger partial charge < -0.3 is 5.32 Å². The standard InChI is InChI=1S/C12H18ClNO2S/c1-4-14-9(2)10(3)17(15,16)12-8-6-5-7-11(12)13/h5-10,14H,4H2,1-3H3. The number of nitrogens with one attached hydrogen (secondary N) is 1. The summed E-state index contributed by atoms with van der Waals surface area (Å²) in [6.07, 6.45) is 0. The van der Waals surface area contributed by atoms with Crippen LogP contribution in [0.3, 0.4) is 0 Å². The molecule has 0 radical (unpaired) electrons. The molecule has 0 saturated heterocycles. The van der Waals surface area contributed by atoms with E-state index in [0.29, 0.717) is 0 Å². The number of sulfone groups is 1. The molecule has 0 fully saturated rings. The van der Waals surface area contributed by atoms with Crippen molar-refractivity contribution < 1.29 is 8.42 Å². The van der Waals surface area contributed by atoms with Crippen LogP contribution in [0.2, 0.25) is 5.02 Å². The molecule has 0 aliphatic heterocycles. The van der Waals surface area contributed by atoms with E-state index in [4.69, 9.17) is 11.6 Å². The van der Waals surface area contributed by atoms with Crippen LogP contribution in [0, 0.1) is 0 Å². The third-order valence-electron chi connectivity index (χ3n) is 2.86. The maximum atomic E-state index is 12.3. The lowest BCUT2D eigenvalue weighted by molar-refractivity contribution is 0.521. The van der Waals surface area contributed by atoms with Crippen LogP contribution in [-0.2, 0) is 9.84 Å². The normalized spacial score (nSPS) is 15.5. The molecule has 1 rings (SSSR count). The van der Waals surface area contributed by atoms with Crippen molar-refractivity contribution >= 4 is 21.4 Å². The van der Waals surface area contributed by atoms with Gasteiger partial charge in [-0.3, -0.25) is 0 Å². The quantitative estimate of drug-likeness (QED) is 0.898. The largest absolute Gasteiger partial charge is 0.313 e. The zero-order valence-electron chi connectivity index (χ0n) is 10.3. The summed E-state index contributed by atoms with van der Waals surface area (Å²) in [4.78, 5) is 0.207. The second-order valence-electron chi connectivity index (χ2n) is 4.03. The Morgan fingerprint density at radius 1 is 1.29 bits per heavy atom. The van der Waals surface area contributed by atoms with E-state index in [1.807, 2.05) is 13.8 Å². The molecular formula is C12H18ClNO2S. The number of halogens is 1. The van der Waals surface area contributed by atoms with E-state index in [0.717, 1.165) is 6.54 Å². The lowest BCUT2D eigenvalue weighted by Crippen LogP contribution is -2.40. The van der Waals surface area contributed by atoms with Gasteiger partial charge in [-0.15, -0.1) is 0 Å². The van der Waals surface area contributed by atoms with Crippen molar-refractivity contribution in [3.05, 3.63) is 29.3 Å². The molecule has 0 aliphatic rings. The first-order chi connectivity index (χ1) is 7.91. The maximum Gasteiger partial charge on any atom is 0.183 e. The predicted molar refractivity (Wildman–Crippen MR) is 71.2 cm³/mol. The van der Waals surface area contributed by atoms with Gasteiger partial charge in [0.1, 0.15) is 0 Å². The fourth-order valence-electron chi connectivity index (χ4n) is 1.63. The Hall–Kier alpha value is -0.580. The molecule has 1 aromatic carbocycles. The molecule has 0 spiro atoms. The van der Waals surface area contributed by atoms with Gasteiger partial charge in [0, 0.05) is 6.04 Å². The molecule has 2 atom stereocenters. The summed E-state index contributed by atoms with van der Waals surface area (Å²) in [5.41, 5.74) is 0. The van der Waals surface area contributed by atoms with Crippen molar-refractivity contribution in [1.29, 1.82) is 0 Å². The van der Waals surface area contributed by atoms with Crippen molar-refractivity contribution in [1.82, 2.24) is 5.32 Å². The van der Waals surface area contributed by atoms with E-state index in [1.54, 1.807) is 31.2 Å². The molecule has 0 amide bonds. The van der Waals surface area contributed by atoms with Gasteiger partial charge in [0.05, 0.1) is 15.2 Å². The van der Waals surface area contributed by atoms with E-state index < -0.39 is 15.1 Å². The first-order valence-electron chi connectivity index (χ1n) is 5.63. The average molecular weight is 276 g/mol. The van der Waals surface area contributed by atoms with E-state index >= 15 is 0 Å². The maximum absolute atomic E-state index is 12.3. The van der Waals surface area contributed by atoms with Crippen LogP contribution in [0.25, 0.3) is 0 Å². The van der Waals surface area contributed by atoms with Crippen molar-refractivity contribution in [2.75, 3.05) is 6.54 Å². The van der Waals surface area contributed by atoms with Crippen LogP contribution >= 0.6 is 11.6 Å². The minimum atomic E-state index is -3.39. The second-order valence-corrected chi connectivity index (χ2v) is 6.71. The van der Waals surface area contributed by atoms with E-state index in [2.05, 4.69) is 5.32 Å². The molecule has 0 aliphatic carbocycles. The molecule has 0 saturated carbocycles. The van der Waals surface area contributed by atoms with Gasteiger partial charge in [-0.2, -0.15) is 0 Å². The van der Waals surface area contributed by atoms with Gasteiger partial charge in [-0.05, 0) is 32.5 Å². The SMILES string of the molecule is CCNC(C)C(C)S(=O)(=O)c1ccccc1Cl. The first kappa shape index (κ1) is 14.5. The van der Waals surface area contributed by atoms with Gasteiger partial charge in [0.2, 0.25) is 0 Å². The molecule has 3 nitrogen and oxygen atoms in total. The predicted octanol–water partition coefficient (Wildman–Crippen LogP) is 2.50. The van der Waals surface area contributed by atoms with Crippen molar-refractivity contribution in [2.45, 2.75) is 37.0 Å². The highest BCUT2D eigenvalue weighted by molar-refractivity contribution is 7.92. The highest BCUT2D eigenvalue weighted by Gasteiger charge is 2.29. The molecular weight excluding hydrogens is 258 g/mol. The highest BCUT2D eigenvalue weighted by atomic mass is 35.5. The summed E-state index contributed by atoms with van der Waals surface area (Å²) in [7, 11) is -3.39. The fraction of sp³-hybridized carbons (Fsp3) is 0.500. The molecule has 1 N–H and O–H groups in total. The number of hydrogen-bond donors (Lipinski definition) is 1. The van der Waals surface area contributed by atoms with Gasteiger partial charge >= 0.3 is 0 Å². The number of rotatable bonds is 5. The Morgan fingerprint density at radius 3 is 2.41 bits per heavy atom. The van der Waals surface area contributed by atoms with Gasteiger partial charge in [0.15, 0.2) is 9.84 Å². The molecule has 0 aromatic heterocycles. The lowest BCUT2D eigenvalue weighted by atomic mass is 10.2. The van der Waals surface area contributed by atoms with Crippen LogP contribution < -0.4 is 5.32 Å². The average Bonchev–Trinajstić information content (AvgIpc) is 2.28. The van der Waals surface area contributed by atoms with E-state index in [1.165, 1.54) is 0 Å². The van der Waals surface area contributed by atoms with Crippen molar-refractivity contribution in [2.24, 2.45) is 0 Å². The fourth-order valence-corrected chi connectivity index (χ4v) is 3.73. The van der Waals surface area contributed by atoms with Gasteiger partial charge in [-0.1, -0.05) is 30.7 Å². The molecule has 2 unspecified atom stereocenters. The topological polar surface area (TPSA) is 46.2 Å². The molecule has 1 aromatic rings. The molecule has 5 heteroatoms. The zero-order valence-corrected chi connectivity index (χ0v) is 11.8. The van der Waals surface area contributed by atoms with Crippen LogP contribution in [0.5, 0.6) is 0 Å². The Kier molecular flexibility index (Phi) is 4.98. The summed E-state index contributed by atoms with van der Waals surface area (Å²) in [5, 5.41) is 2.89. The van der Waals surface area contributed by atoms with E-state index in [-0.39, 0.29) is 16.0 Å². The van der Waals surface area contributed by atoms with Crippen LogP contribution in [-0.4, -0.2) is 26.3 Å². The molecule has 0 bridgehead atoms. The monoisotopic (exact) mass is 275 g/mol. The molecule has 17 heavy (non-hydrogen) atoms. The summed E-state index contributed by atoms with van der Waals surface area (Å²) >= 11 is 5.94. The molecule has 96 valence electrons. The van der Waals surface area contributed by atoms with Gasteiger partial charge in [0.25, 0.3) is 0 Å². The first-order valence-corrected chi connectivity index (χ1v) is 7.55. The van der Waals surface area contributed by atoms with Crippen molar-refractivity contribution in [3.63, 3.8) is 0 Å². The number of benzene rings is 1. The van der Waals surface area contributed by atoms with Gasteiger partial charge in [-0.25, -0.2) is 8.42 Å². The summed E-state index contributed by atoms with van der Waals surface area (Å²) in [6, 6.07) is 6.44. The second kappa shape index (κ2) is 5.85. The lowest BCUT2D eigenvalue weighted by Gasteiger charge is -2.21. The Labute approximate surface area is 108 Å². The third kappa shape index (κ3) is 3.21. The van der Waals surface area contributed by atoms with Crippen LogP contribution in [0.1, 0.15) is 20.8 Å². The Balaban J connectivity index is 3.08. The van der Waals surface area contributed by atoms with Crippen LogP contribution in [0.15, 0.2) is 29.2 Å². The minimum absolute atomic E-state index is 0.110. The summed E-state index contributed by atoms with van der Waals surface area (Å²) in [5.74, 6) is 0. The minimum Gasteiger partial charge on any atom is -0.313 e. The van der Waals surface area contributed by atoms with E-state index in [9.17, 15) is 8.42 Å². The zero-order chi connectivity index (χ0) is 13.1. The Morgan fingerprint density at radius 2 is 1.88 bits per heavy atom. The van der Waals surface area contributed by atoms with Crippen LogP contribution in [0.4, 0.5) is 0 Å². The third-order valence-corrected chi connectivity index (χ3v) is 5.66. The highest BCUT2D eigenvalue weighted by Crippen LogP contribution is 2.25. The smallest absolute Gasteiger partial charge is 0.183 e. The number of hydrogen-bond acceptors (Lipinski definition) is 3. The van der Waals surface area contributed by atoms with Crippen molar-refractivity contribution in [3.8, 4) is 0 Å². The Bertz CT molecular complexity index is 473. The summed E-state index contributed by atoms with van der Waals surface area (Å²) in [6.45, 7) is 6.25. The summed E-state index contributed by atoms with van der Waals surface area (Å²) < 4.78 is 24.7. The molecule has 0 heterocycles.